The third-order valence-electron chi connectivity index (χ3n) is 2.94. The number of halogens is 1. The van der Waals surface area contributed by atoms with E-state index < -0.39 is 0 Å². The van der Waals surface area contributed by atoms with Crippen LogP contribution in [0.3, 0.4) is 0 Å². The fourth-order valence-corrected chi connectivity index (χ4v) is 3.77. The summed E-state index contributed by atoms with van der Waals surface area (Å²) in [6.07, 6.45) is 2.04. The topological polar surface area (TPSA) is 23.1 Å². The van der Waals surface area contributed by atoms with Crippen molar-refractivity contribution in [2.24, 2.45) is 11.3 Å². The Hall–Kier alpha value is -0.360. The lowest BCUT2D eigenvalue weighted by atomic mass is 9.86. The monoisotopic (exact) mass is 297 g/mol. The van der Waals surface area contributed by atoms with Crippen molar-refractivity contribution in [2.45, 2.75) is 41.0 Å². The maximum Gasteiger partial charge on any atom is 0.0474 e. The van der Waals surface area contributed by atoms with Crippen LogP contribution in [0.5, 0.6) is 0 Å². The van der Waals surface area contributed by atoms with E-state index in [0.717, 1.165) is 26.4 Å². The summed E-state index contributed by atoms with van der Waals surface area (Å²) >= 11 is 6.12. The van der Waals surface area contributed by atoms with Crippen LogP contribution in [0, 0.1) is 18.3 Å². The zero-order valence-electron chi connectivity index (χ0n) is 12.5. The molecule has 1 rings (SSSR count). The minimum absolute atomic E-state index is 0.142. The van der Waals surface area contributed by atoms with Crippen LogP contribution >= 0.6 is 19.8 Å². The van der Waals surface area contributed by atoms with Crippen LogP contribution in [0.4, 0.5) is 0 Å². The van der Waals surface area contributed by atoms with Gasteiger partial charge in [-0.05, 0) is 48.0 Å². The normalized spacial score (nSPS) is 14.6. The summed E-state index contributed by atoms with van der Waals surface area (Å²) in [6.45, 7) is 10.9. The second-order valence-corrected chi connectivity index (χ2v) is 7.94. The molecule has 19 heavy (non-hydrogen) atoms. The van der Waals surface area contributed by atoms with E-state index in [2.05, 4.69) is 27.7 Å². The molecule has 0 amide bonds. The summed E-state index contributed by atoms with van der Waals surface area (Å²) in [5.41, 5.74) is 2.12. The average Bonchev–Trinajstić information content (AvgIpc) is 2.23. The highest BCUT2D eigenvalue weighted by atomic mass is 35.5. The number of hydrogen-bond acceptors (Lipinski definition) is 1. The first-order valence-electron chi connectivity index (χ1n) is 6.67. The van der Waals surface area contributed by atoms with Crippen molar-refractivity contribution in [1.29, 1.82) is 0 Å². The molecule has 0 saturated heterocycles. The molecule has 0 N–H and O–H groups in total. The average molecular weight is 298 g/mol. The summed E-state index contributed by atoms with van der Waals surface area (Å²) in [4.78, 5) is 0. The van der Waals surface area contributed by atoms with Gasteiger partial charge in [-0.2, -0.15) is 0 Å². The Morgan fingerprint density at radius 2 is 2.00 bits per heavy atom. The molecule has 0 aliphatic rings. The van der Waals surface area contributed by atoms with Gasteiger partial charge in [0.1, 0.15) is 0 Å². The van der Waals surface area contributed by atoms with Gasteiger partial charge in [0.25, 0.3) is 0 Å². The summed E-state index contributed by atoms with van der Waals surface area (Å²) in [5.74, 6) is 0.549. The van der Waals surface area contributed by atoms with Gasteiger partial charge in [-0.25, -0.2) is 0 Å². The van der Waals surface area contributed by atoms with Crippen molar-refractivity contribution in [3.63, 3.8) is 0 Å². The number of benzene rings is 1. The minimum atomic E-state index is 0.142. The molecule has 1 aromatic carbocycles. The van der Waals surface area contributed by atoms with Crippen LogP contribution in [0.25, 0.3) is 0 Å². The molecule has 0 bridgehead atoms. The first kappa shape index (κ1) is 16.7. The molecule has 0 aromatic heterocycles. The van der Waals surface area contributed by atoms with Crippen molar-refractivity contribution in [2.75, 3.05) is 6.16 Å². The Labute approximate surface area is 123 Å². The van der Waals surface area contributed by atoms with Crippen LogP contribution in [0.15, 0.2) is 18.2 Å². The molecule has 0 heterocycles. The van der Waals surface area contributed by atoms with Crippen molar-refractivity contribution >= 4 is 25.3 Å². The maximum absolute atomic E-state index is 12.3. The van der Waals surface area contributed by atoms with E-state index in [1.54, 1.807) is 6.07 Å². The lowest BCUT2D eigenvalue weighted by Gasteiger charge is -2.23. The zero-order chi connectivity index (χ0) is 14.6. The van der Waals surface area contributed by atoms with Crippen molar-refractivity contribution in [1.82, 2.24) is 0 Å². The number of hydrogen-bond donors (Lipinski definition) is 0. The molecule has 0 aliphatic heterocycles. The molecule has 0 aliphatic carbocycles. The number of rotatable bonds is 4. The summed E-state index contributed by atoms with van der Waals surface area (Å²) in [5, 5.41) is 12.8. The van der Waals surface area contributed by atoms with E-state index in [1.807, 2.05) is 19.1 Å². The molecular weight excluding hydrogens is 275 g/mol. The molecule has 0 saturated carbocycles. The Balaban J connectivity index is 2.78. The summed E-state index contributed by atoms with van der Waals surface area (Å²) < 4.78 is 0. The molecule has 0 fully saturated rings. The van der Waals surface area contributed by atoms with E-state index in [9.17, 15) is 5.11 Å². The third kappa shape index (κ3) is 5.65. The fraction of sp³-hybridized carbons (Fsp3) is 0.562. The predicted octanol–water partition coefficient (Wildman–Crippen LogP) is 4.51. The molecular formula is C16H23ClOP-. The van der Waals surface area contributed by atoms with Crippen molar-refractivity contribution in [3.05, 3.63) is 34.3 Å². The molecule has 3 heteroatoms. The Morgan fingerprint density at radius 1 is 1.37 bits per heavy atom. The molecule has 0 spiro atoms. The van der Waals surface area contributed by atoms with Crippen LogP contribution in [0.1, 0.15) is 45.2 Å². The van der Waals surface area contributed by atoms with Crippen LogP contribution in [-0.2, 0) is 0 Å². The summed E-state index contributed by atoms with van der Waals surface area (Å²) in [6, 6.07) is 5.61. The first-order chi connectivity index (χ1) is 8.70. The standard InChI is InChI=1S/C16H24ClOP/c1-11(9-16(3,4)5)10-19-15(18)14-12(2)7-6-8-13(14)17/h6-8,11,18H,9-10H2,1-5H3/p-1. The van der Waals surface area contributed by atoms with Crippen molar-refractivity contribution < 1.29 is 5.11 Å². The lowest BCUT2D eigenvalue weighted by molar-refractivity contribution is -0.207. The molecule has 1 nitrogen and oxygen atoms in total. The predicted molar refractivity (Wildman–Crippen MR) is 85.3 cm³/mol. The Morgan fingerprint density at radius 3 is 2.53 bits per heavy atom. The first-order valence-corrected chi connectivity index (χ1v) is 8.13. The molecule has 1 atom stereocenters. The molecule has 106 valence electrons. The minimum Gasteiger partial charge on any atom is -0.823 e. The van der Waals surface area contributed by atoms with Gasteiger partial charge in [0.2, 0.25) is 0 Å². The number of aryl methyl sites for hydroxylation is 1. The summed E-state index contributed by atoms with van der Waals surface area (Å²) in [7, 11) is 0.851. The zero-order valence-corrected chi connectivity index (χ0v) is 14.1. The molecule has 1 unspecified atom stereocenters. The Kier molecular flexibility index (Phi) is 6.05. The lowest BCUT2D eigenvalue weighted by Crippen LogP contribution is -2.19. The van der Waals surface area contributed by atoms with E-state index in [0.29, 0.717) is 21.9 Å². The van der Waals surface area contributed by atoms with Gasteiger partial charge in [-0.1, -0.05) is 51.4 Å². The van der Waals surface area contributed by atoms with Crippen LogP contribution in [0.2, 0.25) is 5.02 Å². The smallest absolute Gasteiger partial charge is 0.0474 e. The second kappa shape index (κ2) is 6.88. The van der Waals surface area contributed by atoms with Gasteiger partial charge >= 0.3 is 0 Å². The van der Waals surface area contributed by atoms with Crippen LogP contribution < -0.4 is 5.11 Å². The largest absolute Gasteiger partial charge is 0.823 e. The van der Waals surface area contributed by atoms with Gasteiger partial charge in [0, 0.05) is 5.02 Å². The van der Waals surface area contributed by atoms with Crippen molar-refractivity contribution in [3.8, 4) is 0 Å². The fourth-order valence-electron chi connectivity index (χ4n) is 2.33. The highest BCUT2D eigenvalue weighted by Crippen LogP contribution is 2.27. The second-order valence-electron chi connectivity index (χ2n) is 6.45. The van der Waals surface area contributed by atoms with Gasteiger partial charge < -0.3 is 5.11 Å². The highest BCUT2D eigenvalue weighted by molar-refractivity contribution is 7.40. The molecule has 1 aromatic rings. The van der Waals surface area contributed by atoms with Gasteiger partial charge in [0.15, 0.2) is 0 Å². The van der Waals surface area contributed by atoms with E-state index in [1.165, 1.54) is 0 Å². The van der Waals surface area contributed by atoms with Crippen LogP contribution in [-0.4, -0.2) is 11.6 Å². The van der Waals surface area contributed by atoms with Gasteiger partial charge in [0.05, 0.1) is 0 Å². The van der Waals surface area contributed by atoms with Gasteiger partial charge in [-0.3, -0.25) is 0 Å². The third-order valence-corrected chi connectivity index (χ3v) is 4.57. The maximum atomic E-state index is 12.3. The Bertz CT molecular complexity index is 440. The van der Waals surface area contributed by atoms with Gasteiger partial charge in [-0.15, -0.1) is 13.7 Å². The quantitative estimate of drug-likeness (QED) is 0.750. The van der Waals surface area contributed by atoms with E-state index in [-0.39, 0.29) is 5.48 Å². The van der Waals surface area contributed by atoms with E-state index >= 15 is 0 Å². The SMILES string of the molecule is Cc1cccc(Cl)c1C([O-])=PCC(C)CC(C)(C)C. The molecule has 0 radical (unpaired) electrons. The highest BCUT2D eigenvalue weighted by Gasteiger charge is 2.14. The van der Waals surface area contributed by atoms with E-state index in [4.69, 9.17) is 11.6 Å².